The Bertz CT molecular complexity index is 487. The molecule has 0 aliphatic heterocycles. The number of carbonyl (C=O) groups is 1. The zero-order chi connectivity index (χ0) is 13.0. The molecule has 1 aromatic carbocycles. The second-order valence-corrected chi connectivity index (χ2v) is 4.59. The van der Waals surface area contributed by atoms with E-state index in [-0.39, 0.29) is 17.7 Å². The number of nitriles is 1. The van der Waals surface area contributed by atoms with E-state index >= 15 is 0 Å². The SMILES string of the molecule is COc1ccccc1C1(CNC(=O)CC#N)CC1. The average molecular weight is 244 g/mol. The van der Waals surface area contributed by atoms with Gasteiger partial charge in [-0.1, -0.05) is 18.2 Å². The normalized spacial score (nSPS) is 15.6. The first kappa shape index (κ1) is 12.4. The van der Waals surface area contributed by atoms with Gasteiger partial charge in [0.1, 0.15) is 12.2 Å². The van der Waals surface area contributed by atoms with Gasteiger partial charge in [-0.3, -0.25) is 4.79 Å². The highest BCUT2D eigenvalue weighted by Crippen LogP contribution is 2.50. The molecule has 1 saturated carbocycles. The standard InChI is InChI=1S/C14H16N2O2/c1-18-12-5-3-2-4-11(12)14(7-8-14)10-16-13(17)6-9-15/h2-5H,6-8,10H2,1H3,(H,16,17). The van der Waals surface area contributed by atoms with Gasteiger partial charge in [0, 0.05) is 17.5 Å². The van der Waals surface area contributed by atoms with Crippen LogP contribution in [0.1, 0.15) is 24.8 Å². The predicted molar refractivity (Wildman–Crippen MR) is 67.1 cm³/mol. The minimum absolute atomic E-state index is 0.00226. The first-order valence-corrected chi connectivity index (χ1v) is 5.99. The third-order valence-electron chi connectivity index (χ3n) is 3.40. The molecule has 1 amide bonds. The molecule has 4 heteroatoms. The molecule has 0 saturated heterocycles. The van der Waals surface area contributed by atoms with Gasteiger partial charge in [0.2, 0.25) is 5.91 Å². The van der Waals surface area contributed by atoms with Crippen LogP contribution >= 0.6 is 0 Å². The van der Waals surface area contributed by atoms with Crippen LogP contribution in [0.4, 0.5) is 0 Å². The van der Waals surface area contributed by atoms with Gasteiger partial charge >= 0.3 is 0 Å². The topological polar surface area (TPSA) is 62.1 Å². The maximum atomic E-state index is 11.3. The number of amides is 1. The fourth-order valence-electron chi connectivity index (χ4n) is 2.18. The lowest BCUT2D eigenvalue weighted by Crippen LogP contribution is -2.32. The van der Waals surface area contributed by atoms with E-state index in [4.69, 9.17) is 10.00 Å². The van der Waals surface area contributed by atoms with Crippen molar-refractivity contribution in [2.24, 2.45) is 0 Å². The molecular formula is C14H16N2O2. The Labute approximate surface area is 107 Å². The fraction of sp³-hybridized carbons (Fsp3) is 0.429. The summed E-state index contributed by atoms with van der Waals surface area (Å²) in [5, 5.41) is 11.3. The molecule has 94 valence electrons. The number of nitrogens with zero attached hydrogens (tertiary/aromatic N) is 1. The fourth-order valence-corrected chi connectivity index (χ4v) is 2.18. The molecule has 0 heterocycles. The molecule has 4 nitrogen and oxygen atoms in total. The van der Waals surface area contributed by atoms with Gasteiger partial charge in [0.05, 0.1) is 13.2 Å². The summed E-state index contributed by atoms with van der Waals surface area (Å²) in [6.45, 7) is 0.577. The summed E-state index contributed by atoms with van der Waals surface area (Å²) in [7, 11) is 1.66. The number of rotatable bonds is 5. The number of nitrogens with one attached hydrogen (secondary N) is 1. The Kier molecular flexibility index (Phi) is 3.52. The number of ether oxygens (including phenoxy) is 1. The summed E-state index contributed by atoms with van der Waals surface area (Å²) >= 11 is 0. The van der Waals surface area contributed by atoms with E-state index in [2.05, 4.69) is 5.32 Å². The molecule has 2 rings (SSSR count). The van der Waals surface area contributed by atoms with Crippen LogP contribution in [0.3, 0.4) is 0 Å². The number of hydrogen-bond acceptors (Lipinski definition) is 3. The van der Waals surface area contributed by atoms with E-state index in [1.54, 1.807) is 7.11 Å². The first-order chi connectivity index (χ1) is 8.72. The Morgan fingerprint density at radius 2 is 2.22 bits per heavy atom. The molecule has 0 aromatic heterocycles. The van der Waals surface area contributed by atoms with E-state index < -0.39 is 0 Å². The molecule has 0 atom stereocenters. The number of methoxy groups -OCH3 is 1. The summed E-state index contributed by atoms with van der Waals surface area (Å²) in [4.78, 5) is 11.3. The first-order valence-electron chi connectivity index (χ1n) is 5.99. The van der Waals surface area contributed by atoms with Gasteiger partial charge in [0.15, 0.2) is 0 Å². The van der Waals surface area contributed by atoms with Crippen molar-refractivity contribution in [2.45, 2.75) is 24.7 Å². The van der Waals surface area contributed by atoms with Crippen LogP contribution in [0.15, 0.2) is 24.3 Å². The van der Waals surface area contributed by atoms with Crippen LogP contribution in [-0.2, 0) is 10.2 Å². The van der Waals surface area contributed by atoms with Crippen LogP contribution in [0, 0.1) is 11.3 Å². The van der Waals surface area contributed by atoms with Gasteiger partial charge in [0.25, 0.3) is 0 Å². The van der Waals surface area contributed by atoms with E-state index in [1.807, 2.05) is 30.3 Å². The Morgan fingerprint density at radius 1 is 1.50 bits per heavy atom. The van der Waals surface area contributed by atoms with Crippen molar-refractivity contribution in [2.75, 3.05) is 13.7 Å². The van der Waals surface area contributed by atoms with Crippen LogP contribution in [0.2, 0.25) is 0 Å². The van der Waals surface area contributed by atoms with E-state index in [1.165, 1.54) is 0 Å². The monoisotopic (exact) mass is 244 g/mol. The highest BCUT2D eigenvalue weighted by atomic mass is 16.5. The molecular weight excluding hydrogens is 228 g/mol. The third kappa shape index (κ3) is 2.45. The van der Waals surface area contributed by atoms with E-state index in [0.717, 1.165) is 24.2 Å². The van der Waals surface area contributed by atoms with Crippen LogP contribution < -0.4 is 10.1 Å². The van der Waals surface area contributed by atoms with Gasteiger partial charge in [-0.25, -0.2) is 0 Å². The van der Waals surface area contributed by atoms with Crippen molar-refractivity contribution in [1.29, 1.82) is 5.26 Å². The summed E-state index contributed by atoms with van der Waals surface area (Å²) in [6, 6.07) is 9.75. The lowest BCUT2D eigenvalue weighted by molar-refractivity contribution is -0.120. The predicted octanol–water partition coefficient (Wildman–Crippen LogP) is 1.76. The summed E-state index contributed by atoms with van der Waals surface area (Å²) in [5.74, 6) is 0.656. The molecule has 18 heavy (non-hydrogen) atoms. The smallest absolute Gasteiger partial charge is 0.234 e. The minimum Gasteiger partial charge on any atom is -0.496 e. The molecule has 1 aliphatic rings. The number of para-hydroxylation sites is 1. The lowest BCUT2D eigenvalue weighted by atomic mass is 9.95. The van der Waals surface area contributed by atoms with E-state index in [0.29, 0.717) is 6.54 Å². The highest BCUT2D eigenvalue weighted by molar-refractivity contribution is 5.78. The molecule has 0 spiro atoms. The zero-order valence-electron chi connectivity index (χ0n) is 10.4. The molecule has 0 bridgehead atoms. The molecule has 0 radical (unpaired) electrons. The number of hydrogen-bond donors (Lipinski definition) is 1. The van der Waals surface area contributed by atoms with Crippen LogP contribution in [0.25, 0.3) is 0 Å². The molecule has 0 unspecified atom stereocenters. The number of carbonyl (C=O) groups excluding carboxylic acids is 1. The molecule has 1 N–H and O–H groups in total. The second-order valence-electron chi connectivity index (χ2n) is 4.59. The van der Waals surface area contributed by atoms with Gasteiger partial charge in [-0.15, -0.1) is 0 Å². The molecule has 1 fully saturated rings. The van der Waals surface area contributed by atoms with Crippen molar-refractivity contribution in [3.63, 3.8) is 0 Å². The van der Waals surface area contributed by atoms with Gasteiger partial charge < -0.3 is 10.1 Å². The zero-order valence-corrected chi connectivity index (χ0v) is 10.4. The highest BCUT2D eigenvalue weighted by Gasteiger charge is 2.46. The molecule has 1 aliphatic carbocycles. The van der Waals surface area contributed by atoms with Gasteiger partial charge in [-0.05, 0) is 18.9 Å². The quantitative estimate of drug-likeness (QED) is 0.858. The van der Waals surface area contributed by atoms with Crippen molar-refractivity contribution < 1.29 is 9.53 Å². The maximum Gasteiger partial charge on any atom is 0.234 e. The van der Waals surface area contributed by atoms with Crippen LogP contribution in [0.5, 0.6) is 5.75 Å². The van der Waals surface area contributed by atoms with Crippen molar-refractivity contribution in [1.82, 2.24) is 5.32 Å². The third-order valence-corrected chi connectivity index (χ3v) is 3.40. The van der Waals surface area contributed by atoms with Crippen molar-refractivity contribution in [3.05, 3.63) is 29.8 Å². The Morgan fingerprint density at radius 3 is 2.83 bits per heavy atom. The van der Waals surface area contributed by atoms with Gasteiger partial charge in [-0.2, -0.15) is 5.26 Å². The second kappa shape index (κ2) is 5.09. The average Bonchev–Trinajstić information content (AvgIpc) is 3.18. The largest absolute Gasteiger partial charge is 0.496 e. The Balaban J connectivity index is 2.08. The van der Waals surface area contributed by atoms with Crippen LogP contribution in [-0.4, -0.2) is 19.6 Å². The summed E-state index contributed by atoms with van der Waals surface area (Å²) < 4.78 is 5.36. The van der Waals surface area contributed by atoms with E-state index in [9.17, 15) is 4.79 Å². The van der Waals surface area contributed by atoms with Crippen molar-refractivity contribution >= 4 is 5.91 Å². The summed E-state index contributed by atoms with van der Waals surface area (Å²) in [6.07, 6.45) is 2.00. The minimum atomic E-state index is -0.210. The number of benzene rings is 1. The van der Waals surface area contributed by atoms with Crippen molar-refractivity contribution in [3.8, 4) is 11.8 Å². The summed E-state index contributed by atoms with van der Waals surface area (Å²) in [5.41, 5.74) is 1.14. The maximum absolute atomic E-state index is 11.3. The Hall–Kier alpha value is -2.02. The molecule has 1 aromatic rings. The lowest BCUT2D eigenvalue weighted by Gasteiger charge is -2.19.